The standard InChI is InChI=1S/C17H17N5O4/c1-9-8-22-13(15(24)18-9)12(20-21-22)14(23)19-11-6-4-10(5-7-11)17(2,3)16(25)26/h4-8H,1-3H3,(H,18,24)(H,19,23)(H,25,26). The number of aliphatic carboxylic acids is 1. The second kappa shape index (κ2) is 6.10. The van der Waals surface area contributed by atoms with Crippen LogP contribution in [0.25, 0.3) is 5.52 Å². The number of carbonyl (C=O) groups is 2. The third kappa shape index (κ3) is 2.94. The van der Waals surface area contributed by atoms with Crippen LogP contribution in [0.5, 0.6) is 0 Å². The van der Waals surface area contributed by atoms with Crippen molar-refractivity contribution in [3.63, 3.8) is 0 Å². The molecule has 1 aromatic carbocycles. The summed E-state index contributed by atoms with van der Waals surface area (Å²) >= 11 is 0. The third-order valence-corrected chi connectivity index (χ3v) is 4.15. The molecule has 0 saturated heterocycles. The first-order valence-electron chi connectivity index (χ1n) is 7.80. The highest BCUT2D eigenvalue weighted by atomic mass is 16.4. The molecular formula is C17H17N5O4. The highest BCUT2D eigenvalue weighted by Gasteiger charge is 2.29. The zero-order valence-corrected chi connectivity index (χ0v) is 14.4. The van der Waals surface area contributed by atoms with E-state index in [9.17, 15) is 19.5 Å². The Morgan fingerprint density at radius 2 is 1.88 bits per heavy atom. The van der Waals surface area contributed by atoms with E-state index in [0.29, 0.717) is 16.9 Å². The molecule has 1 amide bonds. The number of carbonyl (C=O) groups excluding carboxylic acids is 1. The summed E-state index contributed by atoms with van der Waals surface area (Å²) in [6.07, 6.45) is 1.56. The highest BCUT2D eigenvalue weighted by Crippen LogP contribution is 2.25. The molecule has 9 nitrogen and oxygen atoms in total. The van der Waals surface area contributed by atoms with E-state index in [0.717, 1.165) is 0 Å². The van der Waals surface area contributed by atoms with Gasteiger partial charge >= 0.3 is 5.97 Å². The van der Waals surface area contributed by atoms with Gasteiger partial charge in [-0.25, -0.2) is 4.52 Å². The molecule has 0 aliphatic carbocycles. The van der Waals surface area contributed by atoms with Crippen LogP contribution in [0, 0.1) is 6.92 Å². The summed E-state index contributed by atoms with van der Waals surface area (Å²) in [5.74, 6) is -1.53. The number of nitrogens with zero attached hydrogens (tertiary/aromatic N) is 3. The minimum Gasteiger partial charge on any atom is -0.481 e. The molecule has 3 rings (SSSR count). The largest absolute Gasteiger partial charge is 0.481 e. The van der Waals surface area contributed by atoms with E-state index < -0.39 is 22.9 Å². The molecule has 0 radical (unpaired) electrons. The van der Waals surface area contributed by atoms with Crippen molar-refractivity contribution in [3.8, 4) is 0 Å². The van der Waals surface area contributed by atoms with Gasteiger partial charge in [-0.05, 0) is 38.5 Å². The minimum absolute atomic E-state index is 0.0525. The Morgan fingerprint density at radius 1 is 1.23 bits per heavy atom. The van der Waals surface area contributed by atoms with Gasteiger partial charge in [0, 0.05) is 11.4 Å². The van der Waals surface area contributed by atoms with Crippen molar-refractivity contribution in [1.29, 1.82) is 0 Å². The molecule has 2 heterocycles. The van der Waals surface area contributed by atoms with E-state index in [2.05, 4.69) is 20.6 Å². The number of H-pyrrole nitrogens is 1. The molecule has 0 atom stereocenters. The summed E-state index contributed by atoms with van der Waals surface area (Å²) in [6, 6.07) is 6.45. The number of aromatic amines is 1. The van der Waals surface area contributed by atoms with E-state index in [-0.39, 0.29) is 11.2 Å². The number of benzene rings is 1. The summed E-state index contributed by atoms with van der Waals surface area (Å²) in [6.45, 7) is 4.89. The fourth-order valence-corrected chi connectivity index (χ4v) is 2.49. The summed E-state index contributed by atoms with van der Waals surface area (Å²) in [5.41, 5.74) is 0.0961. The Hall–Kier alpha value is -3.49. The lowest BCUT2D eigenvalue weighted by molar-refractivity contribution is -0.142. The molecule has 9 heteroatoms. The minimum atomic E-state index is -1.04. The molecule has 0 aliphatic rings. The smallest absolute Gasteiger partial charge is 0.313 e. The lowest BCUT2D eigenvalue weighted by Crippen LogP contribution is -2.28. The molecule has 26 heavy (non-hydrogen) atoms. The van der Waals surface area contributed by atoms with Gasteiger partial charge in [0.15, 0.2) is 11.2 Å². The number of hydrogen-bond acceptors (Lipinski definition) is 5. The zero-order chi connectivity index (χ0) is 19.1. The summed E-state index contributed by atoms with van der Waals surface area (Å²) in [5, 5.41) is 19.5. The topological polar surface area (TPSA) is 129 Å². The molecule has 0 fully saturated rings. The van der Waals surface area contributed by atoms with Crippen molar-refractivity contribution in [2.45, 2.75) is 26.2 Å². The Kier molecular flexibility index (Phi) is 4.07. The predicted molar refractivity (Wildman–Crippen MR) is 93.4 cm³/mol. The number of amides is 1. The quantitative estimate of drug-likeness (QED) is 0.647. The molecule has 134 valence electrons. The molecule has 0 spiro atoms. The van der Waals surface area contributed by atoms with Gasteiger partial charge in [-0.2, -0.15) is 0 Å². The van der Waals surface area contributed by atoms with Gasteiger partial charge in [-0.15, -0.1) is 5.10 Å². The van der Waals surface area contributed by atoms with Crippen LogP contribution in [0.4, 0.5) is 5.69 Å². The normalized spacial score (nSPS) is 11.5. The highest BCUT2D eigenvalue weighted by molar-refractivity contribution is 6.07. The van der Waals surface area contributed by atoms with E-state index in [1.165, 1.54) is 4.52 Å². The van der Waals surface area contributed by atoms with Gasteiger partial charge < -0.3 is 15.4 Å². The Balaban J connectivity index is 1.87. The molecular weight excluding hydrogens is 338 g/mol. The first-order chi connectivity index (χ1) is 12.2. The van der Waals surface area contributed by atoms with Gasteiger partial charge in [0.05, 0.1) is 11.6 Å². The Labute approximate surface area is 147 Å². The van der Waals surface area contributed by atoms with Crippen LogP contribution in [0.15, 0.2) is 35.3 Å². The van der Waals surface area contributed by atoms with Gasteiger partial charge in [0.2, 0.25) is 0 Å². The maximum absolute atomic E-state index is 12.4. The lowest BCUT2D eigenvalue weighted by atomic mass is 9.85. The van der Waals surface area contributed by atoms with Gasteiger partial charge in [-0.1, -0.05) is 17.3 Å². The molecule has 0 saturated carbocycles. The molecule has 3 aromatic rings. The molecule has 0 unspecified atom stereocenters. The van der Waals surface area contributed by atoms with E-state index in [4.69, 9.17) is 0 Å². The fourth-order valence-electron chi connectivity index (χ4n) is 2.49. The molecule has 0 aliphatic heterocycles. The molecule has 3 N–H and O–H groups in total. The summed E-state index contributed by atoms with van der Waals surface area (Å²) in [4.78, 5) is 38.4. The van der Waals surface area contributed by atoms with E-state index in [1.807, 2.05) is 0 Å². The maximum Gasteiger partial charge on any atom is 0.313 e. The SMILES string of the molecule is Cc1cn2nnc(C(=O)Nc3ccc(C(C)(C)C(=O)O)cc3)c2c(=O)[nH]1. The number of carboxylic acids is 1. The van der Waals surface area contributed by atoms with Crippen LogP contribution < -0.4 is 10.9 Å². The van der Waals surface area contributed by atoms with Gasteiger partial charge in [0.25, 0.3) is 11.5 Å². The van der Waals surface area contributed by atoms with Crippen LogP contribution in [-0.2, 0) is 10.2 Å². The van der Waals surface area contributed by atoms with Gasteiger partial charge in [0.1, 0.15) is 0 Å². The summed E-state index contributed by atoms with van der Waals surface area (Å²) < 4.78 is 1.25. The van der Waals surface area contributed by atoms with Crippen LogP contribution in [0.3, 0.4) is 0 Å². The van der Waals surface area contributed by atoms with Crippen LogP contribution in [-0.4, -0.2) is 36.8 Å². The molecule has 2 aromatic heterocycles. The van der Waals surface area contributed by atoms with Crippen LogP contribution in [0.1, 0.15) is 35.6 Å². The average Bonchev–Trinajstić information content (AvgIpc) is 2.99. The first kappa shape index (κ1) is 17.3. The second-order valence-electron chi connectivity index (χ2n) is 6.46. The van der Waals surface area contributed by atoms with Crippen molar-refractivity contribution < 1.29 is 14.7 Å². The fraction of sp³-hybridized carbons (Fsp3) is 0.235. The number of fused-ring (bicyclic) bond motifs is 1. The number of aromatic nitrogens is 4. The monoisotopic (exact) mass is 355 g/mol. The van der Waals surface area contributed by atoms with Crippen molar-refractivity contribution in [2.75, 3.05) is 5.32 Å². The van der Waals surface area contributed by atoms with Crippen molar-refractivity contribution in [1.82, 2.24) is 19.8 Å². The van der Waals surface area contributed by atoms with E-state index in [1.54, 1.807) is 51.2 Å². The Bertz CT molecular complexity index is 1060. The summed E-state index contributed by atoms with van der Waals surface area (Å²) in [7, 11) is 0. The van der Waals surface area contributed by atoms with Gasteiger partial charge in [-0.3, -0.25) is 14.4 Å². The average molecular weight is 355 g/mol. The third-order valence-electron chi connectivity index (χ3n) is 4.15. The lowest BCUT2D eigenvalue weighted by Gasteiger charge is -2.19. The van der Waals surface area contributed by atoms with Crippen molar-refractivity contribution >= 4 is 23.1 Å². The number of anilines is 1. The maximum atomic E-state index is 12.4. The number of nitrogens with one attached hydrogen (secondary N) is 2. The van der Waals surface area contributed by atoms with Crippen LogP contribution >= 0.6 is 0 Å². The van der Waals surface area contributed by atoms with Crippen molar-refractivity contribution in [3.05, 3.63) is 57.8 Å². The number of carboxylic acid groups (broad SMARTS) is 1. The number of hydrogen-bond donors (Lipinski definition) is 3. The van der Waals surface area contributed by atoms with Crippen LogP contribution in [0.2, 0.25) is 0 Å². The predicted octanol–water partition coefficient (Wildman–Crippen LogP) is 1.34. The second-order valence-corrected chi connectivity index (χ2v) is 6.46. The molecule has 0 bridgehead atoms. The van der Waals surface area contributed by atoms with E-state index >= 15 is 0 Å². The Morgan fingerprint density at radius 3 is 2.50 bits per heavy atom. The zero-order valence-electron chi connectivity index (χ0n) is 14.4. The first-order valence-corrected chi connectivity index (χ1v) is 7.80. The van der Waals surface area contributed by atoms with Crippen molar-refractivity contribution in [2.24, 2.45) is 0 Å². The number of rotatable bonds is 4. The number of aryl methyl sites for hydroxylation is 1.